The molecule has 0 heterocycles. The van der Waals surface area contributed by atoms with Crippen molar-refractivity contribution in [2.24, 2.45) is 0 Å². The molecule has 0 aliphatic carbocycles. The summed E-state index contributed by atoms with van der Waals surface area (Å²) in [5.74, 6) is -4.32. The third kappa shape index (κ3) is 6.93. The number of hydrogen-bond donors (Lipinski definition) is 1. The Morgan fingerprint density at radius 2 is 1.92 bits per heavy atom. The summed E-state index contributed by atoms with van der Waals surface area (Å²) in [6.45, 7) is 4.70. The smallest absolute Gasteiger partial charge is 0.426 e. The largest absolute Gasteiger partial charge is 0.448 e. The maximum Gasteiger partial charge on any atom is 0.426 e. The van der Waals surface area contributed by atoms with Crippen LogP contribution < -0.4 is 4.74 Å². The molecule has 25 heavy (non-hydrogen) atoms. The van der Waals surface area contributed by atoms with E-state index in [4.69, 9.17) is 9.29 Å². The first kappa shape index (κ1) is 20.6. The van der Waals surface area contributed by atoms with E-state index in [1.807, 2.05) is 0 Å². The van der Waals surface area contributed by atoms with Crippen LogP contribution in [0.5, 0.6) is 5.75 Å². The van der Waals surface area contributed by atoms with E-state index in [2.05, 4.69) is 11.3 Å². The molecule has 0 spiro atoms. The van der Waals surface area contributed by atoms with Crippen molar-refractivity contribution >= 4 is 22.1 Å². The van der Waals surface area contributed by atoms with E-state index in [1.54, 1.807) is 0 Å². The number of halogens is 3. The number of ether oxygens (including phenoxy) is 2. The summed E-state index contributed by atoms with van der Waals surface area (Å²) in [4.78, 5) is 23.2. The number of esters is 2. The second kappa shape index (κ2) is 7.66. The molecule has 0 aliphatic heterocycles. The van der Waals surface area contributed by atoms with Crippen molar-refractivity contribution in [1.82, 2.24) is 0 Å². The third-order valence-corrected chi connectivity index (χ3v) is 3.33. The Balaban J connectivity index is 2.98. The van der Waals surface area contributed by atoms with Crippen LogP contribution in [0.2, 0.25) is 0 Å². The molecule has 1 rings (SSSR count). The summed E-state index contributed by atoms with van der Waals surface area (Å²) in [5, 5.41) is 0. The number of carbonyl (C=O) groups is 2. The third-order valence-electron chi connectivity index (χ3n) is 2.61. The van der Waals surface area contributed by atoms with Crippen molar-refractivity contribution in [3.63, 3.8) is 0 Å². The van der Waals surface area contributed by atoms with Crippen molar-refractivity contribution in [3.8, 4) is 5.75 Å². The highest BCUT2D eigenvalue weighted by atomic mass is 32.2. The minimum Gasteiger partial charge on any atom is -0.448 e. The molecule has 0 saturated carbocycles. The van der Waals surface area contributed by atoms with Gasteiger partial charge in [-0.3, -0.25) is 4.55 Å². The maximum atomic E-state index is 12.7. The summed E-state index contributed by atoms with van der Waals surface area (Å²) in [6, 6.07) is 4.48. The van der Waals surface area contributed by atoms with E-state index in [1.165, 1.54) is 19.1 Å². The van der Waals surface area contributed by atoms with Gasteiger partial charge < -0.3 is 9.47 Å². The molecule has 0 aromatic heterocycles. The topological polar surface area (TPSA) is 107 Å². The van der Waals surface area contributed by atoms with E-state index in [0.717, 1.165) is 12.1 Å². The zero-order valence-electron chi connectivity index (χ0n) is 12.7. The van der Waals surface area contributed by atoms with Gasteiger partial charge in [0, 0.05) is 5.57 Å². The highest BCUT2D eigenvalue weighted by molar-refractivity contribution is 7.85. The van der Waals surface area contributed by atoms with Crippen LogP contribution in [-0.2, 0) is 19.6 Å². The van der Waals surface area contributed by atoms with Crippen molar-refractivity contribution in [1.29, 1.82) is 0 Å². The first-order chi connectivity index (χ1) is 11.3. The fourth-order valence-corrected chi connectivity index (χ4v) is 2.10. The van der Waals surface area contributed by atoms with Gasteiger partial charge in [0.15, 0.2) is 0 Å². The fraction of sp³-hybridized carbons (Fsp3) is 0.286. The van der Waals surface area contributed by atoms with E-state index in [-0.39, 0.29) is 11.3 Å². The molecule has 1 atom stereocenters. The van der Waals surface area contributed by atoms with Gasteiger partial charge in [-0.25, -0.2) is 9.59 Å². The lowest BCUT2D eigenvalue weighted by Crippen LogP contribution is -2.39. The van der Waals surface area contributed by atoms with Crippen LogP contribution in [-0.4, -0.2) is 42.9 Å². The molecule has 0 bridgehead atoms. The van der Waals surface area contributed by atoms with Crippen molar-refractivity contribution in [2.75, 3.05) is 5.75 Å². The molecule has 0 amide bonds. The monoisotopic (exact) mass is 382 g/mol. The fourth-order valence-electron chi connectivity index (χ4n) is 1.46. The summed E-state index contributed by atoms with van der Waals surface area (Å²) < 4.78 is 77.0. The van der Waals surface area contributed by atoms with Gasteiger partial charge in [0.1, 0.15) is 11.5 Å². The molecule has 1 aromatic carbocycles. The SMILES string of the molecule is C=C(C)C(=O)Oc1cccc(C(=O)OC(CS(=O)(=O)O)C(F)(F)F)c1. The Morgan fingerprint density at radius 1 is 1.32 bits per heavy atom. The average Bonchev–Trinajstić information content (AvgIpc) is 2.44. The van der Waals surface area contributed by atoms with Crippen LogP contribution in [0.4, 0.5) is 13.2 Å². The molecule has 0 saturated heterocycles. The van der Waals surface area contributed by atoms with Gasteiger partial charge in [-0.15, -0.1) is 0 Å². The Morgan fingerprint density at radius 3 is 2.40 bits per heavy atom. The zero-order valence-corrected chi connectivity index (χ0v) is 13.6. The second-order valence-corrected chi connectivity index (χ2v) is 6.38. The van der Waals surface area contributed by atoms with Crippen LogP contribution in [0, 0.1) is 0 Å². The highest BCUT2D eigenvalue weighted by Gasteiger charge is 2.45. The minimum absolute atomic E-state index is 0.0540. The van der Waals surface area contributed by atoms with Gasteiger partial charge in [-0.1, -0.05) is 12.6 Å². The molecular weight excluding hydrogens is 369 g/mol. The van der Waals surface area contributed by atoms with E-state index >= 15 is 0 Å². The van der Waals surface area contributed by atoms with Gasteiger partial charge in [0.2, 0.25) is 6.10 Å². The van der Waals surface area contributed by atoms with Crippen LogP contribution in [0.25, 0.3) is 0 Å². The van der Waals surface area contributed by atoms with Crippen molar-refractivity contribution < 1.29 is 45.2 Å². The van der Waals surface area contributed by atoms with E-state index in [9.17, 15) is 31.2 Å². The number of alkyl halides is 3. The average molecular weight is 382 g/mol. The van der Waals surface area contributed by atoms with Gasteiger partial charge in [-0.05, 0) is 25.1 Å². The predicted molar refractivity (Wildman–Crippen MR) is 78.6 cm³/mol. The zero-order chi connectivity index (χ0) is 19.4. The summed E-state index contributed by atoms with van der Waals surface area (Å²) in [6.07, 6.45) is -8.27. The Bertz CT molecular complexity index is 784. The lowest BCUT2D eigenvalue weighted by Gasteiger charge is -2.19. The van der Waals surface area contributed by atoms with Crippen LogP contribution in [0.1, 0.15) is 17.3 Å². The molecule has 0 radical (unpaired) electrons. The van der Waals surface area contributed by atoms with Crippen molar-refractivity contribution in [3.05, 3.63) is 42.0 Å². The molecule has 7 nitrogen and oxygen atoms in total. The van der Waals surface area contributed by atoms with Crippen LogP contribution >= 0.6 is 0 Å². The first-order valence-electron chi connectivity index (χ1n) is 6.50. The van der Waals surface area contributed by atoms with E-state index in [0.29, 0.717) is 0 Å². The van der Waals surface area contributed by atoms with Gasteiger partial charge >= 0.3 is 18.1 Å². The summed E-state index contributed by atoms with van der Waals surface area (Å²) in [5.41, 5.74) is -0.366. The maximum absolute atomic E-state index is 12.7. The van der Waals surface area contributed by atoms with Crippen LogP contribution in [0.15, 0.2) is 36.4 Å². The lowest BCUT2D eigenvalue weighted by molar-refractivity contribution is -0.197. The van der Waals surface area contributed by atoms with Crippen LogP contribution in [0.3, 0.4) is 0 Å². The molecule has 11 heteroatoms. The molecule has 1 unspecified atom stereocenters. The molecule has 0 aliphatic rings. The molecule has 0 fully saturated rings. The lowest BCUT2D eigenvalue weighted by atomic mass is 10.2. The Kier molecular flexibility index (Phi) is 6.32. The Labute approximate surface area is 140 Å². The van der Waals surface area contributed by atoms with Gasteiger partial charge in [0.05, 0.1) is 5.56 Å². The number of carbonyl (C=O) groups excluding carboxylic acids is 2. The molecule has 138 valence electrons. The number of benzene rings is 1. The highest BCUT2D eigenvalue weighted by Crippen LogP contribution is 2.25. The summed E-state index contributed by atoms with van der Waals surface area (Å²) >= 11 is 0. The number of hydrogen-bond acceptors (Lipinski definition) is 6. The predicted octanol–water partition coefficient (Wildman–Crippen LogP) is 2.14. The van der Waals surface area contributed by atoms with Crippen molar-refractivity contribution in [2.45, 2.75) is 19.2 Å². The second-order valence-electron chi connectivity index (χ2n) is 4.88. The summed E-state index contributed by atoms with van der Waals surface area (Å²) in [7, 11) is -5.04. The van der Waals surface area contributed by atoms with E-state index < -0.39 is 45.7 Å². The standard InChI is InChI=1S/C14H13F3O7S/c1-8(2)12(18)23-10-5-3-4-9(6-10)13(19)24-11(14(15,16)17)7-25(20,21)22/h3-6,11H,1,7H2,2H3,(H,20,21,22). The quantitative estimate of drug-likeness (QED) is 0.348. The minimum atomic E-state index is -5.21. The normalized spacial score (nSPS) is 13.0. The molecular formula is C14H13F3O7S. The molecule has 1 N–H and O–H groups in total. The molecule has 1 aromatic rings. The van der Waals surface area contributed by atoms with Gasteiger partial charge in [0.25, 0.3) is 10.1 Å². The number of rotatable bonds is 6. The Hall–Kier alpha value is -2.40. The van der Waals surface area contributed by atoms with Gasteiger partial charge in [-0.2, -0.15) is 21.6 Å². The first-order valence-corrected chi connectivity index (χ1v) is 8.11.